The molecule has 0 amide bonds. The van der Waals surface area contributed by atoms with Crippen molar-refractivity contribution in [2.45, 2.75) is 57.5 Å². The maximum absolute atomic E-state index is 10.7. The Labute approximate surface area is 110 Å². The molecule has 3 unspecified atom stereocenters. The van der Waals surface area contributed by atoms with Gasteiger partial charge in [-0.1, -0.05) is 44.0 Å². The van der Waals surface area contributed by atoms with E-state index in [-0.39, 0.29) is 6.10 Å². The molecule has 1 N–H and O–H groups in total. The minimum atomic E-state index is -0.232. The van der Waals surface area contributed by atoms with Gasteiger partial charge in [-0.15, -0.1) is 0 Å². The monoisotopic (exact) mass is 244 g/mol. The normalized spacial score (nSPS) is 30.1. The van der Waals surface area contributed by atoms with Crippen LogP contribution in [0.25, 0.3) is 0 Å². The fraction of sp³-hybridized carbons (Fsp3) is 0.647. The predicted octanol–water partition coefficient (Wildman–Crippen LogP) is 4.42. The van der Waals surface area contributed by atoms with Crippen molar-refractivity contribution in [1.82, 2.24) is 0 Å². The molecule has 2 aliphatic carbocycles. The van der Waals surface area contributed by atoms with Crippen molar-refractivity contribution in [3.63, 3.8) is 0 Å². The molecule has 1 aromatic carbocycles. The topological polar surface area (TPSA) is 20.2 Å². The summed E-state index contributed by atoms with van der Waals surface area (Å²) in [4.78, 5) is 0. The molecule has 3 rings (SSSR count). The van der Waals surface area contributed by atoms with Crippen LogP contribution in [0.2, 0.25) is 0 Å². The van der Waals surface area contributed by atoms with Crippen LogP contribution in [-0.2, 0) is 0 Å². The van der Waals surface area contributed by atoms with Crippen LogP contribution >= 0.6 is 0 Å². The van der Waals surface area contributed by atoms with Crippen LogP contribution in [0, 0.1) is 11.8 Å². The van der Waals surface area contributed by atoms with Crippen molar-refractivity contribution in [2.24, 2.45) is 11.8 Å². The first-order valence-electron chi connectivity index (χ1n) is 7.52. The molecule has 18 heavy (non-hydrogen) atoms. The highest BCUT2D eigenvalue weighted by molar-refractivity contribution is 5.35. The van der Waals surface area contributed by atoms with Crippen molar-refractivity contribution < 1.29 is 5.11 Å². The number of hydrogen-bond acceptors (Lipinski definition) is 1. The fourth-order valence-electron chi connectivity index (χ4n) is 3.57. The molecule has 98 valence electrons. The van der Waals surface area contributed by atoms with Crippen molar-refractivity contribution in [3.8, 4) is 0 Å². The minimum Gasteiger partial charge on any atom is -0.388 e. The molecule has 0 aliphatic heterocycles. The van der Waals surface area contributed by atoms with Gasteiger partial charge in [0.25, 0.3) is 0 Å². The molecular weight excluding hydrogens is 220 g/mol. The molecule has 0 aromatic heterocycles. The molecule has 1 aromatic rings. The fourth-order valence-corrected chi connectivity index (χ4v) is 3.57. The van der Waals surface area contributed by atoms with E-state index in [9.17, 15) is 5.11 Å². The lowest BCUT2D eigenvalue weighted by atomic mass is 9.77. The standard InChI is InChI=1S/C17H24O/c1-12-5-4-6-14(11-12)17(18)16-8-3-2-7-15(16)13-9-10-13/h2-3,7-8,12-14,17-18H,4-6,9-11H2,1H3. The van der Waals surface area contributed by atoms with Gasteiger partial charge in [-0.3, -0.25) is 0 Å². The van der Waals surface area contributed by atoms with Gasteiger partial charge in [0.1, 0.15) is 0 Å². The highest BCUT2D eigenvalue weighted by atomic mass is 16.3. The Kier molecular flexibility index (Phi) is 3.43. The van der Waals surface area contributed by atoms with E-state index in [0.29, 0.717) is 5.92 Å². The lowest BCUT2D eigenvalue weighted by molar-refractivity contribution is 0.0707. The average Bonchev–Trinajstić information content (AvgIpc) is 3.22. The van der Waals surface area contributed by atoms with E-state index in [1.54, 1.807) is 0 Å². The second-order valence-corrected chi connectivity index (χ2v) is 6.38. The summed E-state index contributed by atoms with van der Waals surface area (Å²) in [5.41, 5.74) is 2.64. The van der Waals surface area contributed by atoms with E-state index in [4.69, 9.17) is 0 Å². The van der Waals surface area contributed by atoms with Gasteiger partial charge < -0.3 is 5.11 Å². The summed E-state index contributed by atoms with van der Waals surface area (Å²) in [5.74, 6) is 2.00. The van der Waals surface area contributed by atoms with Gasteiger partial charge in [0.2, 0.25) is 0 Å². The van der Waals surface area contributed by atoms with E-state index in [0.717, 1.165) is 11.8 Å². The summed E-state index contributed by atoms with van der Waals surface area (Å²) in [7, 11) is 0. The molecule has 2 fully saturated rings. The second kappa shape index (κ2) is 5.05. The summed E-state index contributed by atoms with van der Waals surface area (Å²) in [6.45, 7) is 2.33. The van der Waals surface area contributed by atoms with E-state index in [1.165, 1.54) is 49.7 Å². The quantitative estimate of drug-likeness (QED) is 0.834. The van der Waals surface area contributed by atoms with Crippen LogP contribution in [-0.4, -0.2) is 5.11 Å². The first kappa shape index (κ1) is 12.2. The molecule has 1 nitrogen and oxygen atoms in total. The van der Waals surface area contributed by atoms with Gasteiger partial charge in [-0.2, -0.15) is 0 Å². The van der Waals surface area contributed by atoms with Crippen LogP contribution in [0.4, 0.5) is 0 Å². The summed E-state index contributed by atoms with van der Waals surface area (Å²) in [6, 6.07) is 8.57. The maximum Gasteiger partial charge on any atom is 0.0821 e. The van der Waals surface area contributed by atoms with Crippen LogP contribution in [0.15, 0.2) is 24.3 Å². The van der Waals surface area contributed by atoms with Crippen LogP contribution < -0.4 is 0 Å². The van der Waals surface area contributed by atoms with Crippen molar-refractivity contribution in [3.05, 3.63) is 35.4 Å². The Hall–Kier alpha value is -0.820. The first-order valence-corrected chi connectivity index (χ1v) is 7.52. The Balaban J connectivity index is 1.80. The molecule has 0 heterocycles. The van der Waals surface area contributed by atoms with Crippen LogP contribution in [0.3, 0.4) is 0 Å². The number of rotatable bonds is 3. The van der Waals surface area contributed by atoms with Crippen molar-refractivity contribution in [1.29, 1.82) is 0 Å². The average molecular weight is 244 g/mol. The van der Waals surface area contributed by atoms with Gasteiger partial charge in [0.05, 0.1) is 6.10 Å². The highest BCUT2D eigenvalue weighted by Crippen LogP contribution is 2.45. The molecule has 0 radical (unpaired) electrons. The lowest BCUT2D eigenvalue weighted by Crippen LogP contribution is -2.21. The van der Waals surface area contributed by atoms with Gasteiger partial charge in [0, 0.05) is 0 Å². The number of hydrogen-bond donors (Lipinski definition) is 1. The zero-order valence-electron chi connectivity index (χ0n) is 11.3. The van der Waals surface area contributed by atoms with Gasteiger partial charge in [0.15, 0.2) is 0 Å². The third-order valence-electron chi connectivity index (χ3n) is 4.76. The summed E-state index contributed by atoms with van der Waals surface area (Å²) in [5, 5.41) is 10.7. The predicted molar refractivity (Wildman–Crippen MR) is 74.5 cm³/mol. The third kappa shape index (κ3) is 2.47. The highest BCUT2D eigenvalue weighted by Gasteiger charge is 2.31. The first-order chi connectivity index (χ1) is 8.75. The number of aliphatic hydroxyl groups is 1. The molecule has 0 spiro atoms. The van der Waals surface area contributed by atoms with E-state index in [2.05, 4.69) is 31.2 Å². The Bertz CT molecular complexity index is 408. The molecule has 2 saturated carbocycles. The van der Waals surface area contributed by atoms with Crippen LogP contribution in [0.5, 0.6) is 0 Å². The van der Waals surface area contributed by atoms with E-state index in [1.807, 2.05) is 0 Å². The Morgan fingerprint density at radius 2 is 1.89 bits per heavy atom. The summed E-state index contributed by atoms with van der Waals surface area (Å²) in [6.07, 6.45) is 7.41. The molecule has 1 heteroatoms. The SMILES string of the molecule is CC1CCCC(C(O)c2ccccc2C2CC2)C1. The van der Waals surface area contributed by atoms with Crippen molar-refractivity contribution >= 4 is 0 Å². The summed E-state index contributed by atoms with van der Waals surface area (Å²) < 4.78 is 0. The molecule has 3 atom stereocenters. The molecule has 0 saturated heterocycles. The molecule has 0 bridgehead atoms. The minimum absolute atomic E-state index is 0.232. The number of benzene rings is 1. The van der Waals surface area contributed by atoms with E-state index >= 15 is 0 Å². The van der Waals surface area contributed by atoms with Gasteiger partial charge in [-0.05, 0) is 54.6 Å². The maximum atomic E-state index is 10.7. The molecular formula is C17H24O. The smallest absolute Gasteiger partial charge is 0.0821 e. The van der Waals surface area contributed by atoms with Gasteiger partial charge in [-0.25, -0.2) is 0 Å². The Morgan fingerprint density at radius 1 is 1.11 bits per heavy atom. The number of aliphatic hydroxyl groups excluding tert-OH is 1. The third-order valence-corrected chi connectivity index (χ3v) is 4.76. The molecule has 2 aliphatic rings. The van der Waals surface area contributed by atoms with Crippen molar-refractivity contribution in [2.75, 3.05) is 0 Å². The summed E-state index contributed by atoms with van der Waals surface area (Å²) >= 11 is 0. The zero-order valence-corrected chi connectivity index (χ0v) is 11.3. The largest absolute Gasteiger partial charge is 0.388 e. The zero-order chi connectivity index (χ0) is 12.5. The van der Waals surface area contributed by atoms with E-state index < -0.39 is 0 Å². The van der Waals surface area contributed by atoms with Crippen LogP contribution in [0.1, 0.15) is 68.6 Å². The van der Waals surface area contributed by atoms with Gasteiger partial charge >= 0.3 is 0 Å². The second-order valence-electron chi connectivity index (χ2n) is 6.38. The lowest BCUT2D eigenvalue weighted by Gasteiger charge is -2.31. The Morgan fingerprint density at radius 3 is 2.61 bits per heavy atom.